The van der Waals surface area contributed by atoms with Crippen LogP contribution in [0.1, 0.15) is 36.6 Å². The summed E-state index contributed by atoms with van der Waals surface area (Å²) < 4.78 is 21.9. The van der Waals surface area contributed by atoms with Crippen molar-refractivity contribution >= 4 is 22.8 Å². The van der Waals surface area contributed by atoms with Gasteiger partial charge in [-0.3, -0.25) is 0 Å². The molecule has 32 heavy (non-hydrogen) atoms. The third-order valence-electron chi connectivity index (χ3n) is 6.63. The van der Waals surface area contributed by atoms with E-state index in [2.05, 4.69) is 25.9 Å². The molecule has 2 amide bonds. The van der Waals surface area contributed by atoms with Crippen LogP contribution in [0.25, 0.3) is 10.9 Å². The summed E-state index contributed by atoms with van der Waals surface area (Å²) in [5.74, 6) is 1.44. The van der Waals surface area contributed by atoms with E-state index >= 15 is 0 Å². The number of carbonyl (C=O) groups is 1. The van der Waals surface area contributed by atoms with Gasteiger partial charge in [-0.25, -0.2) is 19.2 Å². The van der Waals surface area contributed by atoms with Crippen molar-refractivity contribution in [2.45, 2.75) is 50.7 Å². The molecule has 1 aliphatic carbocycles. The molecule has 0 spiro atoms. The van der Waals surface area contributed by atoms with Gasteiger partial charge in [-0.2, -0.15) is 0 Å². The summed E-state index contributed by atoms with van der Waals surface area (Å²) in [7, 11) is 1.59. The number of hydrogen-bond donors (Lipinski definition) is 3. The van der Waals surface area contributed by atoms with E-state index in [4.69, 9.17) is 4.74 Å². The number of rotatable bonds is 6. The lowest BCUT2D eigenvalue weighted by Crippen LogP contribution is -2.39. The average Bonchev–Trinajstić information content (AvgIpc) is 3.33. The highest BCUT2D eigenvalue weighted by Gasteiger charge is 2.37. The Labute approximate surface area is 185 Å². The van der Waals surface area contributed by atoms with Crippen molar-refractivity contribution in [2.24, 2.45) is 0 Å². The van der Waals surface area contributed by atoms with Gasteiger partial charge in [-0.1, -0.05) is 0 Å². The molecule has 0 bridgehead atoms. The molecule has 1 saturated carbocycles. The Morgan fingerprint density at radius 2 is 2.06 bits per heavy atom. The summed E-state index contributed by atoms with van der Waals surface area (Å²) in [6.45, 7) is 3.14. The number of halogens is 1. The largest absolute Gasteiger partial charge is 0.496 e. The molecule has 3 heterocycles. The highest BCUT2D eigenvalue weighted by Crippen LogP contribution is 2.34. The molecular formula is C23H27FN6O2. The fourth-order valence-corrected chi connectivity index (χ4v) is 5.04. The number of anilines is 1. The van der Waals surface area contributed by atoms with Crippen LogP contribution in [0.15, 0.2) is 30.6 Å². The lowest BCUT2D eigenvalue weighted by molar-refractivity contribution is 0.247. The van der Waals surface area contributed by atoms with Crippen LogP contribution >= 0.6 is 0 Å². The Morgan fingerprint density at radius 3 is 2.91 bits per heavy atom. The third-order valence-corrected chi connectivity index (χ3v) is 6.63. The zero-order valence-electron chi connectivity index (χ0n) is 18.2. The van der Waals surface area contributed by atoms with Gasteiger partial charge in [-0.15, -0.1) is 0 Å². The molecule has 168 valence electrons. The topological polar surface area (TPSA) is 93.1 Å². The number of fused-ring (bicyclic) bond motifs is 2. The smallest absolute Gasteiger partial charge is 0.315 e. The van der Waals surface area contributed by atoms with Gasteiger partial charge < -0.3 is 25.3 Å². The third kappa shape index (κ3) is 3.72. The number of nitrogens with zero attached hydrogens (tertiary/aromatic N) is 3. The lowest BCUT2D eigenvalue weighted by atomic mass is 9.81. The second kappa shape index (κ2) is 8.29. The minimum absolute atomic E-state index is 0.0763. The Morgan fingerprint density at radius 1 is 1.22 bits per heavy atom. The Kier molecular flexibility index (Phi) is 5.32. The van der Waals surface area contributed by atoms with E-state index in [1.165, 1.54) is 6.07 Å². The molecule has 0 radical (unpaired) electrons. The van der Waals surface area contributed by atoms with E-state index in [0.29, 0.717) is 24.4 Å². The first-order valence-electron chi connectivity index (χ1n) is 11.0. The minimum Gasteiger partial charge on any atom is -0.496 e. The number of aromatic nitrogens is 3. The zero-order chi connectivity index (χ0) is 22.2. The van der Waals surface area contributed by atoms with Crippen LogP contribution in [-0.2, 0) is 6.54 Å². The van der Waals surface area contributed by atoms with E-state index in [9.17, 15) is 9.18 Å². The summed E-state index contributed by atoms with van der Waals surface area (Å²) in [5.41, 5.74) is 2.51. The number of nitrogens with one attached hydrogen (secondary N) is 3. The highest BCUT2D eigenvalue weighted by atomic mass is 19.1. The fourth-order valence-electron chi connectivity index (χ4n) is 5.04. The standard InChI is InChI=1S/C23H27FN6O2/c1-13-9-15-20(32-2)6-4-16(24)22(15)30(13)8-7-25-21-11-18(26-12-27-21)14-3-5-17-19(10-14)29-23(31)28-17/h4,6,9,11-12,14,17,19H,3,5,7-8,10H2,1-2H3,(H,25,26,27)(H2,28,29,31). The van der Waals surface area contributed by atoms with Gasteiger partial charge in [0.25, 0.3) is 0 Å². The number of hydrogen-bond acceptors (Lipinski definition) is 5. The molecule has 2 aliphatic rings. The summed E-state index contributed by atoms with van der Waals surface area (Å²) in [4.78, 5) is 20.4. The Balaban J connectivity index is 1.27. The number of amides is 2. The summed E-state index contributed by atoms with van der Waals surface area (Å²) >= 11 is 0. The maximum atomic E-state index is 14.6. The van der Waals surface area contributed by atoms with Gasteiger partial charge in [0.1, 0.15) is 23.7 Å². The molecule has 3 unspecified atom stereocenters. The van der Waals surface area contributed by atoms with E-state index < -0.39 is 0 Å². The predicted octanol–water partition coefficient (Wildman–Crippen LogP) is 3.32. The first kappa shape index (κ1) is 20.5. The number of methoxy groups -OCH3 is 1. The number of aryl methyl sites for hydroxylation is 1. The van der Waals surface area contributed by atoms with E-state index in [-0.39, 0.29) is 29.8 Å². The normalized spacial score (nSPS) is 22.3. The van der Waals surface area contributed by atoms with Crippen LogP contribution in [-0.4, -0.2) is 46.3 Å². The molecule has 3 N–H and O–H groups in total. The van der Waals surface area contributed by atoms with Crippen molar-refractivity contribution in [3.63, 3.8) is 0 Å². The number of benzene rings is 1. The summed E-state index contributed by atoms with van der Waals surface area (Å²) in [6.07, 6.45) is 4.37. The van der Waals surface area contributed by atoms with E-state index in [1.54, 1.807) is 19.5 Å². The maximum Gasteiger partial charge on any atom is 0.315 e. The molecular weight excluding hydrogens is 411 g/mol. The van der Waals surface area contributed by atoms with Gasteiger partial charge in [-0.05, 0) is 44.4 Å². The van der Waals surface area contributed by atoms with Crippen molar-refractivity contribution in [3.05, 3.63) is 47.8 Å². The van der Waals surface area contributed by atoms with Crippen molar-refractivity contribution in [1.29, 1.82) is 0 Å². The second-order valence-corrected chi connectivity index (χ2v) is 8.54. The summed E-state index contributed by atoms with van der Waals surface area (Å²) in [6, 6.07) is 7.34. The first-order chi connectivity index (χ1) is 15.5. The van der Waals surface area contributed by atoms with Gasteiger partial charge in [0, 0.05) is 41.8 Å². The van der Waals surface area contributed by atoms with Gasteiger partial charge >= 0.3 is 6.03 Å². The van der Waals surface area contributed by atoms with Crippen molar-refractivity contribution in [3.8, 4) is 5.75 Å². The highest BCUT2D eigenvalue weighted by molar-refractivity contribution is 5.88. The van der Waals surface area contributed by atoms with Crippen LogP contribution < -0.4 is 20.7 Å². The SMILES string of the molecule is COc1ccc(F)c2c1cc(C)n2CCNc1cc(C2CCC3NC(=O)NC3C2)ncn1. The minimum atomic E-state index is -0.262. The number of ether oxygens (including phenoxy) is 1. The van der Waals surface area contributed by atoms with Crippen LogP contribution in [0, 0.1) is 12.7 Å². The number of urea groups is 1. The van der Waals surface area contributed by atoms with Crippen molar-refractivity contribution in [2.75, 3.05) is 19.0 Å². The van der Waals surface area contributed by atoms with E-state index in [1.807, 2.05) is 23.6 Å². The van der Waals surface area contributed by atoms with Crippen molar-refractivity contribution < 1.29 is 13.9 Å². The predicted molar refractivity (Wildman–Crippen MR) is 120 cm³/mol. The molecule has 8 nitrogen and oxygen atoms in total. The maximum absolute atomic E-state index is 14.6. The molecule has 9 heteroatoms. The van der Waals surface area contributed by atoms with Crippen LogP contribution in [0.3, 0.4) is 0 Å². The van der Waals surface area contributed by atoms with Gasteiger partial charge in [0.2, 0.25) is 0 Å². The first-order valence-corrected chi connectivity index (χ1v) is 11.0. The Bertz CT molecular complexity index is 1160. The zero-order valence-corrected chi connectivity index (χ0v) is 18.2. The van der Waals surface area contributed by atoms with Gasteiger partial charge in [0.05, 0.1) is 24.7 Å². The molecule has 1 aliphatic heterocycles. The molecule has 5 rings (SSSR count). The number of carbonyl (C=O) groups excluding carboxylic acids is 1. The van der Waals surface area contributed by atoms with Crippen LogP contribution in [0.5, 0.6) is 5.75 Å². The van der Waals surface area contributed by atoms with Crippen LogP contribution in [0.4, 0.5) is 15.0 Å². The Hall–Kier alpha value is -3.36. The van der Waals surface area contributed by atoms with Crippen molar-refractivity contribution in [1.82, 2.24) is 25.2 Å². The molecule has 2 aromatic heterocycles. The summed E-state index contributed by atoms with van der Waals surface area (Å²) in [5, 5.41) is 10.1. The molecule has 1 saturated heterocycles. The molecule has 3 atom stereocenters. The average molecular weight is 439 g/mol. The van der Waals surface area contributed by atoms with Gasteiger partial charge in [0.15, 0.2) is 0 Å². The quantitative estimate of drug-likeness (QED) is 0.549. The van der Waals surface area contributed by atoms with Crippen LogP contribution in [0.2, 0.25) is 0 Å². The molecule has 3 aromatic rings. The lowest BCUT2D eigenvalue weighted by Gasteiger charge is -2.30. The van der Waals surface area contributed by atoms with E-state index in [0.717, 1.165) is 41.9 Å². The fraction of sp³-hybridized carbons (Fsp3) is 0.435. The monoisotopic (exact) mass is 438 g/mol. The molecule has 2 fully saturated rings. The molecule has 1 aromatic carbocycles. The second-order valence-electron chi connectivity index (χ2n) is 8.54.